The molecular weight excluding hydrogens is 741 g/mol. The molecule has 3 aliphatic rings. The average molecular weight is 797 g/mol. The summed E-state index contributed by atoms with van der Waals surface area (Å²) in [5, 5.41) is 14.4. The van der Waals surface area contributed by atoms with Crippen molar-refractivity contribution in [3.8, 4) is 22.4 Å². The third kappa shape index (κ3) is 9.16. The summed E-state index contributed by atoms with van der Waals surface area (Å²) >= 11 is 1.45. The number of aromatic nitrogens is 2. The Morgan fingerprint density at radius 3 is 2.45 bits per heavy atom. The van der Waals surface area contributed by atoms with Crippen LogP contribution >= 0.6 is 11.3 Å². The molecule has 56 heavy (non-hydrogen) atoms. The van der Waals surface area contributed by atoms with E-state index in [1.807, 2.05) is 38.1 Å². The molecule has 0 aliphatic carbocycles. The summed E-state index contributed by atoms with van der Waals surface area (Å²) in [5.74, 6) is 0.968. The Bertz CT molecular complexity index is 1800. The van der Waals surface area contributed by atoms with E-state index in [4.69, 9.17) is 23.7 Å². The fourth-order valence-corrected chi connectivity index (χ4v) is 9.26. The second-order valence-corrected chi connectivity index (χ2v) is 17.1. The van der Waals surface area contributed by atoms with Crippen molar-refractivity contribution in [3.63, 3.8) is 0 Å². The fourth-order valence-electron chi connectivity index (χ4n) is 8.42. The van der Waals surface area contributed by atoms with Crippen LogP contribution in [0.3, 0.4) is 0 Å². The van der Waals surface area contributed by atoms with Crippen LogP contribution in [0.15, 0.2) is 30.7 Å². The van der Waals surface area contributed by atoms with Gasteiger partial charge in [0.25, 0.3) is 0 Å². The van der Waals surface area contributed by atoms with Gasteiger partial charge >= 0.3 is 12.1 Å². The van der Waals surface area contributed by atoms with Crippen molar-refractivity contribution in [1.82, 2.24) is 20.2 Å². The van der Waals surface area contributed by atoms with Crippen LogP contribution in [-0.2, 0) is 38.1 Å². The first-order valence-electron chi connectivity index (χ1n) is 19.3. The number of carbonyl (C=O) groups is 4. The third-order valence-electron chi connectivity index (χ3n) is 11.6. The summed E-state index contributed by atoms with van der Waals surface area (Å²) < 4.78 is 31.2. The van der Waals surface area contributed by atoms with Crippen molar-refractivity contribution >= 4 is 35.0 Å². The van der Waals surface area contributed by atoms with Gasteiger partial charge in [0.15, 0.2) is 17.7 Å². The highest BCUT2D eigenvalue weighted by Gasteiger charge is 2.57. The molecule has 2 aromatic heterocycles. The van der Waals surface area contributed by atoms with E-state index in [1.54, 1.807) is 60.1 Å². The molecule has 5 rings (SSSR count). The summed E-state index contributed by atoms with van der Waals surface area (Å²) in [6.45, 7) is 13.5. The lowest BCUT2D eigenvalue weighted by atomic mass is 9.73. The molecular formula is C41H56N4O10S. The Morgan fingerprint density at radius 2 is 1.79 bits per heavy atom. The second-order valence-electron chi connectivity index (χ2n) is 16.0. The number of likely N-dealkylation sites (N-methyl/N-ethyl adjacent to an activating group) is 1. The number of ether oxygens (including phenoxy) is 5. The number of fused-ring (bicyclic) bond motifs is 1. The predicted molar refractivity (Wildman–Crippen MR) is 207 cm³/mol. The number of nitrogens with one attached hydrogen (secondary N) is 1. The second kappa shape index (κ2) is 17.8. The van der Waals surface area contributed by atoms with Crippen molar-refractivity contribution in [1.29, 1.82) is 0 Å². The number of amides is 1. The molecule has 0 saturated carbocycles. The average Bonchev–Trinajstić information content (AvgIpc) is 3.77. The van der Waals surface area contributed by atoms with E-state index >= 15 is 0 Å². The molecule has 5 heterocycles. The molecule has 0 radical (unpaired) electrons. The number of aliphatic hydroxyl groups is 1. The van der Waals surface area contributed by atoms with Crippen LogP contribution in [0, 0.1) is 35.5 Å². The van der Waals surface area contributed by atoms with E-state index in [0.29, 0.717) is 6.42 Å². The highest BCUT2D eigenvalue weighted by atomic mass is 32.1. The van der Waals surface area contributed by atoms with Gasteiger partial charge in [-0.3, -0.25) is 24.4 Å². The van der Waals surface area contributed by atoms with Crippen LogP contribution in [-0.4, -0.2) is 118 Å². The van der Waals surface area contributed by atoms with E-state index in [0.717, 1.165) is 15.4 Å². The zero-order valence-electron chi connectivity index (χ0n) is 33.9. The number of esters is 1. The molecule has 13 atom stereocenters. The molecule has 0 spiro atoms. The molecule has 306 valence electrons. The zero-order valence-corrected chi connectivity index (χ0v) is 34.8. The van der Waals surface area contributed by atoms with Gasteiger partial charge in [0.1, 0.15) is 30.5 Å². The normalized spacial score (nSPS) is 37.1. The first-order chi connectivity index (χ1) is 26.4. The van der Waals surface area contributed by atoms with E-state index in [9.17, 15) is 24.3 Å². The molecule has 3 saturated heterocycles. The Labute approximate surface area is 333 Å². The number of aliphatic hydroxyl groups excluding tert-OH is 1. The fraction of sp³-hybridized carbons (Fsp3) is 0.659. The number of alkyl carbamates (subject to hydrolysis) is 1. The molecule has 1 unspecified atom stereocenters. The Morgan fingerprint density at radius 1 is 1.05 bits per heavy atom. The molecule has 2 aromatic rings. The number of thiophene rings is 1. The van der Waals surface area contributed by atoms with Crippen molar-refractivity contribution < 1.29 is 48.0 Å². The number of Topliss-reactive ketones (excluding diaryl/α,β-unsaturated/α-hetero) is 2. The number of ketones is 2. The van der Waals surface area contributed by atoms with Crippen LogP contribution in [0.2, 0.25) is 0 Å². The van der Waals surface area contributed by atoms with Crippen LogP contribution in [0.4, 0.5) is 4.79 Å². The molecule has 2 N–H and O–H groups in total. The Kier molecular flexibility index (Phi) is 13.8. The summed E-state index contributed by atoms with van der Waals surface area (Å²) in [7, 11) is 3.72. The quantitative estimate of drug-likeness (QED) is 0.229. The van der Waals surface area contributed by atoms with Crippen molar-refractivity contribution in [2.24, 2.45) is 23.7 Å². The Balaban J connectivity index is 1.55. The summed E-state index contributed by atoms with van der Waals surface area (Å²) in [6, 6.07) is 2.64. The lowest BCUT2D eigenvalue weighted by molar-refractivity contribution is -0.296. The maximum absolute atomic E-state index is 14.4. The van der Waals surface area contributed by atoms with E-state index in [2.05, 4.69) is 27.1 Å². The number of hydrogen-bond donors (Lipinski definition) is 2. The van der Waals surface area contributed by atoms with Crippen LogP contribution < -0.4 is 5.32 Å². The number of hydrogen-bond acceptors (Lipinski definition) is 14. The van der Waals surface area contributed by atoms with Gasteiger partial charge in [-0.25, -0.2) is 4.79 Å². The molecule has 1 amide bonds. The number of carbonyl (C=O) groups excluding carboxylic acids is 4. The maximum atomic E-state index is 14.4. The molecule has 0 bridgehead atoms. The summed E-state index contributed by atoms with van der Waals surface area (Å²) in [6.07, 6.45) is 0.380. The highest BCUT2D eigenvalue weighted by Crippen LogP contribution is 2.40. The van der Waals surface area contributed by atoms with Crippen LogP contribution in [0.25, 0.3) is 10.6 Å². The molecule has 3 aliphatic heterocycles. The topological polar surface area (TPSA) is 176 Å². The molecule has 0 aromatic carbocycles. The lowest BCUT2D eigenvalue weighted by Gasteiger charge is -2.47. The first-order valence-corrected chi connectivity index (χ1v) is 20.1. The molecule has 14 nitrogen and oxygen atoms in total. The SMILES string of the molecule is CC[C@@H]1OC(=O)[C@H](C)C(=O)[C@H](C)[C@@H](O[C@@H]2O[C@H](C)C[C@H](N(C)C)[C@H]2O)C(C)(OCC#Cc2ccc(-c3cnccn3)s2)C[C@@H](C)C(=O)[C@@H](C)[C@H]2NC(=O)O[C@]12C. The van der Waals surface area contributed by atoms with Gasteiger partial charge in [0, 0.05) is 36.2 Å². The monoisotopic (exact) mass is 796 g/mol. The van der Waals surface area contributed by atoms with Gasteiger partial charge in [-0.2, -0.15) is 0 Å². The minimum Gasteiger partial charge on any atom is -0.458 e. The van der Waals surface area contributed by atoms with Gasteiger partial charge < -0.3 is 39.0 Å². The summed E-state index contributed by atoms with van der Waals surface area (Å²) in [5.41, 5.74) is -2.07. The molecule has 15 heteroatoms. The van der Waals surface area contributed by atoms with E-state index in [1.165, 1.54) is 18.3 Å². The maximum Gasteiger partial charge on any atom is 0.408 e. The first kappa shape index (κ1) is 43.3. The van der Waals surface area contributed by atoms with Gasteiger partial charge in [-0.15, -0.1) is 11.3 Å². The lowest BCUT2D eigenvalue weighted by Crippen LogP contribution is -2.60. The largest absolute Gasteiger partial charge is 0.458 e. The van der Waals surface area contributed by atoms with Crippen molar-refractivity contribution in [3.05, 3.63) is 35.6 Å². The van der Waals surface area contributed by atoms with Crippen LogP contribution in [0.1, 0.15) is 79.5 Å². The minimum atomic E-state index is -1.41. The number of nitrogens with zero attached hydrogens (tertiary/aromatic N) is 3. The minimum absolute atomic E-state index is 0.0553. The third-order valence-corrected chi connectivity index (χ3v) is 12.6. The summed E-state index contributed by atoms with van der Waals surface area (Å²) in [4.78, 5) is 67.4. The van der Waals surface area contributed by atoms with Gasteiger partial charge in [0.2, 0.25) is 0 Å². The van der Waals surface area contributed by atoms with Crippen molar-refractivity contribution in [2.75, 3.05) is 20.7 Å². The molecule has 3 fully saturated rings. The smallest absolute Gasteiger partial charge is 0.408 e. The van der Waals surface area contributed by atoms with Crippen LogP contribution in [0.5, 0.6) is 0 Å². The van der Waals surface area contributed by atoms with Gasteiger partial charge in [-0.05, 0) is 73.2 Å². The standard InChI is InChI=1S/C41H56N4O10S/c1-11-31-41(8)35(44-39(50)55-41)24(4)32(46)22(2)20-40(7,51-18-12-13-27-14-15-30(56-27)28-21-42-16-17-43-28)36(25(5)33(47)26(6)37(49)53-31)54-38-34(48)29(45(9)10)19-23(3)52-38/h14-17,21-26,29,31,34-36,38,48H,11,18-20H2,1-10H3,(H,44,50)/t22-,23-,24-,25+,26-,29+,31+,34-,35-,36-,38+,40?,41-/m1/s1. The van der Waals surface area contributed by atoms with E-state index in [-0.39, 0.29) is 37.4 Å². The van der Waals surface area contributed by atoms with E-state index < -0.39 is 83.4 Å². The van der Waals surface area contributed by atoms with Gasteiger partial charge in [0.05, 0.1) is 45.5 Å². The van der Waals surface area contributed by atoms with Crippen molar-refractivity contribution in [2.45, 2.75) is 129 Å². The number of rotatable bonds is 7. The Hall–Kier alpha value is -3.78. The zero-order chi connectivity index (χ0) is 41.1. The highest BCUT2D eigenvalue weighted by molar-refractivity contribution is 7.16. The predicted octanol–water partition coefficient (Wildman–Crippen LogP) is 4.42. The number of cyclic esters (lactones) is 1. The van der Waals surface area contributed by atoms with Gasteiger partial charge in [-0.1, -0.05) is 39.5 Å².